The molecule has 3 atom stereocenters. The van der Waals surface area contributed by atoms with Crippen LogP contribution in [0.5, 0.6) is 5.75 Å². The number of piperidine rings is 1. The number of methoxy groups -OCH3 is 1. The van der Waals surface area contributed by atoms with Crippen LogP contribution in [0.1, 0.15) is 19.8 Å². The molecule has 0 bridgehead atoms. The molecule has 0 radical (unpaired) electrons. The van der Waals surface area contributed by atoms with E-state index in [2.05, 4.69) is 0 Å². The summed E-state index contributed by atoms with van der Waals surface area (Å²) in [5.41, 5.74) is 0. The fourth-order valence-corrected chi connectivity index (χ4v) is 4.86. The average Bonchev–Trinajstić information content (AvgIpc) is 2.86. The van der Waals surface area contributed by atoms with E-state index in [0.29, 0.717) is 19.5 Å². The highest BCUT2D eigenvalue weighted by Gasteiger charge is 2.41. The van der Waals surface area contributed by atoms with Crippen molar-refractivity contribution < 1.29 is 22.3 Å². The summed E-state index contributed by atoms with van der Waals surface area (Å²) < 4.78 is 51.2. The number of nitrogens with zero attached hydrogens (tertiary/aromatic N) is 1. The fourth-order valence-electron chi connectivity index (χ4n) is 3.34. The zero-order chi connectivity index (χ0) is 15.9. The van der Waals surface area contributed by atoms with E-state index in [9.17, 15) is 12.8 Å². The quantitative estimate of drug-likeness (QED) is 0.851. The van der Waals surface area contributed by atoms with Gasteiger partial charge >= 0.3 is 0 Å². The van der Waals surface area contributed by atoms with Crippen LogP contribution in [0.4, 0.5) is 4.39 Å². The molecule has 122 valence electrons. The second-order valence-corrected chi connectivity index (χ2v) is 7.87. The van der Waals surface area contributed by atoms with Crippen LogP contribution in [-0.4, -0.2) is 45.1 Å². The number of ether oxygens (including phenoxy) is 2. The van der Waals surface area contributed by atoms with Crippen LogP contribution in [0, 0.1) is 11.7 Å². The first-order valence-corrected chi connectivity index (χ1v) is 8.85. The van der Waals surface area contributed by atoms with Gasteiger partial charge < -0.3 is 9.47 Å². The van der Waals surface area contributed by atoms with Gasteiger partial charge in [-0.1, -0.05) is 0 Å². The van der Waals surface area contributed by atoms with Gasteiger partial charge in [0.05, 0.1) is 24.2 Å². The summed E-state index contributed by atoms with van der Waals surface area (Å²) in [6, 6.07) is 3.75. The van der Waals surface area contributed by atoms with Crippen molar-refractivity contribution in [3.05, 3.63) is 24.0 Å². The van der Waals surface area contributed by atoms with Crippen LogP contribution in [0.2, 0.25) is 0 Å². The molecule has 2 saturated heterocycles. The molecule has 2 fully saturated rings. The topological polar surface area (TPSA) is 55.8 Å². The highest BCUT2D eigenvalue weighted by Crippen LogP contribution is 2.35. The Labute approximate surface area is 130 Å². The van der Waals surface area contributed by atoms with Gasteiger partial charge in [-0.15, -0.1) is 0 Å². The molecule has 2 aliphatic rings. The standard InChI is InChI=1S/C15H20FNO4S/c1-10-7-11-9-17(6-5-14(11)21-10)22(18,19)12-3-4-15(20-2)13(16)8-12/h3-4,8,10-11,14H,5-7,9H2,1-2H3/t10-,11-,14-/m1/s1. The lowest BCUT2D eigenvalue weighted by atomic mass is 9.94. The van der Waals surface area contributed by atoms with Gasteiger partial charge in [0.2, 0.25) is 10.0 Å². The molecule has 2 heterocycles. The van der Waals surface area contributed by atoms with Crippen molar-refractivity contribution in [1.29, 1.82) is 0 Å². The van der Waals surface area contributed by atoms with E-state index in [1.54, 1.807) is 0 Å². The molecule has 0 aromatic heterocycles. The van der Waals surface area contributed by atoms with Gasteiger partial charge in [-0.2, -0.15) is 4.31 Å². The molecule has 7 heteroatoms. The normalized spacial score (nSPS) is 29.3. The Morgan fingerprint density at radius 3 is 2.86 bits per heavy atom. The van der Waals surface area contributed by atoms with Crippen LogP contribution in [0.3, 0.4) is 0 Å². The maximum Gasteiger partial charge on any atom is 0.243 e. The lowest BCUT2D eigenvalue weighted by molar-refractivity contribution is 0.0206. The lowest BCUT2D eigenvalue weighted by Crippen LogP contribution is -2.44. The third-order valence-corrected chi connectivity index (χ3v) is 6.29. The van der Waals surface area contributed by atoms with Gasteiger partial charge in [-0.05, 0) is 38.0 Å². The third-order valence-electron chi connectivity index (χ3n) is 4.43. The van der Waals surface area contributed by atoms with E-state index in [1.165, 1.54) is 23.5 Å². The van der Waals surface area contributed by atoms with Crippen molar-refractivity contribution >= 4 is 10.0 Å². The van der Waals surface area contributed by atoms with E-state index in [-0.39, 0.29) is 28.8 Å². The summed E-state index contributed by atoms with van der Waals surface area (Å²) in [5, 5.41) is 0. The Kier molecular flexibility index (Phi) is 4.13. The number of sulfonamides is 1. The summed E-state index contributed by atoms with van der Waals surface area (Å²) in [4.78, 5) is -0.0313. The molecule has 0 spiro atoms. The van der Waals surface area contributed by atoms with Crippen molar-refractivity contribution in [3.63, 3.8) is 0 Å². The molecule has 0 N–H and O–H groups in total. The Morgan fingerprint density at radius 2 is 2.18 bits per heavy atom. The van der Waals surface area contributed by atoms with Crippen LogP contribution in [-0.2, 0) is 14.8 Å². The molecular formula is C15H20FNO4S. The highest BCUT2D eigenvalue weighted by atomic mass is 32.2. The van der Waals surface area contributed by atoms with E-state index in [0.717, 1.165) is 12.5 Å². The summed E-state index contributed by atoms with van der Waals surface area (Å²) in [7, 11) is -2.34. The summed E-state index contributed by atoms with van der Waals surface area (Å²) in [5.74, 6) is -0.409. The molecular weight excluding hydrogens is 309 g/mol. The van der Waals surface area contributed by atoms with Gasteiger partial charge in [-0.3, -0.25) is 0 Å². The van der Waals surface area contributed by atoms with E-state index in [1.807, 2.05) is 6.92 Å². The summed E-state index contributed by atoms with van der Waals surface area (Å²) >= 11 is 0. The second kappa shape index (κ2) is 5.79. The fraction of sp³-hybridized carbons (Fsp3) is 0.600. The Bertz CT molecular complexity index is 664. The van der Waals surface area contributed by atoms with Gasteiger partial charge in [0.25, 0.3) is 0 Å². The van der Waals surface area contributed by atoms with E-state index < -0.39 is 15.8 Å². The van der Waals surface area contributed by atoms with Crippen molar-refractivity contribution in [2.75, 3.05) is 20.2 Å². The number of fused-ring (bicyclic) bond motifs is 1. The van der Waals surface area contributed by atoms with Crippen LogP contribution >= 0.6 is 0 Å². The van der Waals surface area contributed by atoms with E-state index in [4.69, 9.17) is 9.47 Å². The average molecular weight is 329 g/mol. The molecule has 1 aromatic rings. The van der Waals surface area contributed by atoms with Crippen molar-refractivity contribution in [3.8, 4) is 5.75 Å². The number of hydrogen-bond donors (Lipinski definition) is 0. The lowest BCUT2D eigenvalue weighted by Gasteiger charge is -2.33. The number of hydrogen-bond acceptors (Lipinski definition) is 4. The van der Waals surface area contributed by atoms with Gasteiger partial charge in [0.15, 0.2) is 11.6 Å². The van der Waals surface area contributed by atoms with Gasteiger partial charge in [0, 0.05) is 19.0 Å². The predicted octanol–water partition coefficient (Wildman–Crippen LogP) is 2.02. The number of halogens is 1. The maximum absolute atomic E-state index is 13.8. The Hall–Kier alpha value is -1.18. The van der Waals surface area contributed by atoms with Crippen molar-refractivity contribution in [2.24, 2.45) is 5.92 Å². The zero-order valence-electron chi connectivity index (χ0n) is 12.7. The summed E-state index contributed by atoms with van der Waals surface area (Å²) in [6.07, 6.45) is 1.88. The van der Waals surface area contributed by atoms with Crippen LogP contribution < -0.4 is 4.74 Å². The van der Waals surface area contributed by atoms with E-state index >= 15 is 0 Å². The molecule has 1 aromatic carbocycles. The number of rotatable bonds is 3. The van der Waals surface area contributed by atoms with Gasteiger partial charge in [-0.25, -0.2) is 12.8 Å². The molecule has 2 aliphatic heterocycles. The Balaban J connectivity index is 1.82. The van der Waals surface area contributed by atoms with Crippen molar-refractivity contribution in [2.45, 2.75) is 36.9 Å². The molecule has 0 aliphatic carbocycles. The second-order valence-electron chi connectivity index (χ2n) is 5.93. The molecule has 3 rings (SSSR count). The minimum Gasteiger partial charge on any atom is -0.494 e. The largest absolute Gasteiger partial charge is 0.494 e. The molecule has 0 saturated carbocycles. The van der Waals surface area contributed by atoms with Crippen molar-refractivity contribution in [1.82, 2.24) is 4.31 Å². The van der Waals surface area contributed by atoms with Crippen LogP contribution in [0.15, 0.2) is 23.1 Å². The minimum absolute atomic E-state index is 0.0313. The molecule has 0 amide bonds. The smallest absolute Gasteiger partial charge is 0.243 e. The Morgan fingerprint density at radius 1 is 1.41 bits per heavy atom. The predicted molar refractivity (Wildman–Crippen MR) is 78.8 cm³/mol. The molecule has 5 nitrogen and oxygen atoms in total. The highest BCUT2D eigenvalue weighted by molar-refractivity contribution is 7.89. The first-order valence-electron chi connectivity index (χ1n) is 7.41. The molecule has 0 unspecified atom stereocenters. The number of benzene rings is 1. The monoisotopic (exact) mass is 329 g/mol. The van der Waals surface area contributed by atoms with Gasteiger partial charge in [0.1, 0.15) is 0 Å². The SMILES string of the molecule is COc1ccc(S(=O)(=O)N2CC[C@H]3O[C@H](C)C[C@@H]3C2)cc1F. The zero-order valence-corrected chi connectivity index (χ0v) is 13.5. The molecule has 22 heavy (non-hydrogen) atoms. The third kappa shape index (κ3) is 2.73. The maximum atomic E-state index is 13.8. The minimum atomic E-state index is -3.68. The summed E-state index contributed by atoms with van der Waals surface area (Å²) in [6.45, 7) is 2.85. The van der Waals surface area contributed by atoms with Crippen LogP contribution in [0.25, 0.3) is 0 Å². The first kappa shape index (κ1) is 15.7. The first-order chi connectivity index (χ1) is 10.4.